The van der Waals surface area contributed by atoms with E-state index in [1.54, 1.807) is 4.90 Å². The monoisotopic (exact) mass is 170 g/mol. The molecule has 5 heteroatoms. The molecule has 0 atom stereocenters. The van der Waals surface area contributed by atoms with E-state index in [4.69, 9.17) is 4.42 Å². The van der Waals surface area contributed by atoms with Gasteiger partial charge in [0.15, 0.2) is 0 Å². The van der Waals surface area contributed by atoms with Crippen LogP contribution < -0.4 is 10.2 Å². The molecule has 0 aliphatic rings. The second kappa shape index (κ2) is 4.06. The maximum absolute atomic E-state index is 5.31. The molecular weight excluding hydrogens is 156 g/mol. The average molecular weight is 170 g/mol. The van der Waals surface area contributed by atoms with Crippen molar-refractivity contribution in [2.24, 2.45) is 0 Å². The predicted octanol–water partition coefficient (Wildman–Crippen LogP) is -0.103. The van der Waals surface area contributed by atoms with Gasteiger partial charge in [-0.3, -0.25) is 0 Å². The lowest BCUT2D eigenvalue weighted by molar-refractivity contribution is 0.490. The second-order valence-electron chi connectivity index (χ2n) is 2.73. The summed E-state index contributed by atoms with van der Waals surface area (Å²) in [6.07, 6.45) is 0.775. The van der Waals surface area contributed by atoms with Gasteiger partial charge in [-0.25, -0.2) is 0 Å². The van der Waals surface area contributed by atoms with Crippen molar-refractivity contribution in [2.45, 2.75) is 6.42 Å². The standard InChI is InChI=1S/C7H14N4O/c1-8-5-4-6-9-10-7(12-6)11(2)3/h8H,4-5H2,1-3H3. The summed E-state index contributed by atoms with van der Waals surface area (Å²) in [7, 11) is 5.63. The first-order chi connectivity index (χ1) is 5.74. The Balaban J connectivity index is 2.52. The van der Waals surface area contributed by atoms with E-state index in [0.717, 1.165) is 13.0 Å². The van der Waals surface area contributed by atoms with Crippen molar-refractivity contribution >= 4 is 6.01 Å². The molecule has 0 aromatic carbocycles. The molecule has 0 radical (unpaired) electrons. The molecule has 1 heterocycles. The van der Waals surface area contributed by atoms with Crippen LogP contribution in [0.25, 0.3) is 0 Å². The lowest BCUT2D eigenvalue weighted by Gasteiger charge is -2.02. The Morgan fingerprint density at radius 1 is 1.42 bits per heavy atom. The number of nitrogens with one attached hydrogen (secondary N) is 1. The van der Waals surface area contributed by atoms with Crippen LogP contribution >= 0.6 is 0 Å². The predicted molar refractivity (Wildman–Crippen MR) is 46.3 cm³/mol. The molecule has 68 valence electrons. The summed E-state index contributed by atoms with van der Waals surface area (Å²) in [6.45, 7) is 0.856. The summed E-state index contributed by atoms with van der Waals surface area (Å²) >= 11 is 0. The Morgan fingerprint density at radius 3 is 2.67 bits per heavy atom. The van der Waals surface area contributed by atoms with E-state index in [2.05, 4.69) is 15.5 Å². The van der Waals surface area contributed by atoms with Gasteiger partial charge in [0.05, 0.1) is 0 Å². The molecule has 0 aliphatic heterocycles. The zero-order valence-electron chi connectivity index (χ0n) is 7.66. The first-order valence-electron chi connectivity index (χ1n) is 3.88. The number of nitrogens with zero attached hydrogens (tertiary/aromatic N) is 3. The van der Waals surface area contributed by atoms with Crippen molar-refractivity contribution in [3.8, 4) is 0 Å². The summed E-state index contributed by atoms with van der Waals surface area (Å²) in [4.78, 5) is 1.79. The molecule has 0 unspecified atom stereocenters. The second-order valence-corrected chi connectivity index (χ2v) is 2.73. The summed E-state index contributed by atoms with van der Waals surface area (Å²) in [5.74, 6) is 0.674. The van der Waals surface area contributed by atoms with Gasteiger partial charge in [-0.05, 0) is 7.05 Å². The van der Waals surface area contributed by atoms with Crippen molar-refractivity contribution in [3.05, 3.63) is 5.89 Å². The molecule has 0 amide bonds. The van der Waals surface area contributed by atoms with Crippen LogP contribution in [0.15, 0.2) is 4.42 Å². The van der Waals surface area contributed by atoms with Gasteiger partial charge in [0, 0.05) is 27.1 Å². The Kier molecular flexibility index (Phi) is 3.04. The van der Waals surface area contributed by atoms with Crippen molar-refractivity contribution in [1.82, 2.24) is 15.5 Å². The van der Waals surface area contributed by atoms with Gasteiger partial charge in [0.2, 0.25) is 5.89 Å². The molecule has 1 rings (SSSR count). The van der Waals surface area contributed by atoms with E-state index in [1.165, 1.54) is 0 Å². The largest absolute Gasteiger partial charge is 0.408 e. The van der Waals surface area contributed by atoms with E-state index < -0.39 is 0 Å². The van der Waals surface area contributed by atoms with Gasteiger partial charge in [-0.15, -0.1) is 5.10 Å². The molecule has 0 bridgehead atoms. The van der Waals surface area contributed by atoms with Crippen LogP contribution in [0.2, 0.25) is 0 Å². The highest BCUT2D eigenvalue weighted by atomic mass is 16.4. The first kappa shape index (κ1) is 8.99. The fourth-order valence-corrected chi connectivity index (χ4v) is 0.758. The Hall–Kier alpha value is -1.10. The zero-order chi connectivity index (χ0) is 8.97. The SMILES string of the molecule is CNCCc1nnc(N(C)C)o1. The van der Waals surface area contributed by atoms with Crippen LogP contribution in [-0.4, -0.2) is 37.9 Å². The lowest BCUT2D eigenvalue weighted by atomic mass is 10.4. The zero-order valence-corrected chi connectivity index (χ0v) is 7.66. The number of likely N-dealkylation sites (N-methyl/N-ethyl adjacent to an activating group) is 1. The average Bonchev–Trinajstić information content (AvgIpc) is 2.48. The van der Waals surface area contributed by atoms with Crippen molar-refractivity contribution in [2.75, 3.05) is 32.6 Å². The van der Waals surface area contributed by atoms with Crippen molar-refractivity contribution < 1.29 is 4.42 Å². The van der Waals surface area contributed by atoms with Crippen LogP contribution in [0.5, 0.6) is 0 Å². The number of aromatic nitrogens is 2. The normalized spacial score (nSPS) is 10.2. The molecule has 0 fully saturated rings. The summed E-state index contributed by atoms with van der Waals surface area (Å²) in [5.41, 5.74) is 0. The number of anilines is 1. The van der Waals surface area contributed by atoms with E-state index in [1.807, 2.05) is 21.1 Å². The minimum absolute atomic E-state index is 0.557. The van der Waals surface area contributed by atoms with E-state index >= 15 is 0 Å². The molecule has 12 heavy (non-hydrogen) atoms. The fourth-order valence-electron chi connectivity index (χ4n) is 0.758. The van der Waals surface area contributed by atoms with Gasteiger partial charge in [0.1, 0.15) is 0 Å². The number of rotatable bonds is 4. The van der Waals surface area contributed by atoms with Gasteiger partial charge >= 0.3 is 6.01 Å². The minimum atomic E-state index is 0.557. The van der Waals surface area contributed by atoms with Gasteiger partial charge < -0.3 is 14.6 Å². The third-order valence-electron chi connectivity index (χ3n) is 1.43. The maximum Gasteiger partial charge on any atom is 0.317 e. The molecule has 0 aliphatic carbocycles. The Morgan fingerprint density at radius 2 is 2.17 bits per heavy atom. The van der Waals surface area contributed by atoms with Crippen LogP contribution in [-0.2, 0) is 6.42 Å². The third kappa shape index (κ3) is 2.20. The van der Waals surface area contributed by atoms with Crippen LogP contribution in [0.1, 0.15) is 5.89 Å². The van der Waals surface area contributed by atoms with Crippen LogP contribution in [0.3, 0.4) is 0 Å². The minimum Gasteiger partial charge on any atom is -0.408 e. The highest BCUT2D eigenvalue weighted by Gasteiger charge is 2.05. The Labute approximate surface area is 71.8 Å². The molecule has 1 aromatic rings. The lowest BCUT2D eigenvalue weighted by Crippen LogP contribution is -2.10. The molecule has 0 spiro atoms. The summed E-state index contributed by atoms with van der Waals surface area (Å²) in [5, 5.41) is 10.7. The van der Waals surface area contributed by atoms with E-state index in [9.17, 15) is 0 Å². The molecule has 5 nitrogen and oxygen atoms in total. The van der Waals surface area contributed by atoms with E-state index in [-0.39, 0.29) is 0 Å². The molecule has 1 aromatic heterocycles. The van der Waals surface area contributed by atoms with Crippen molar-refractivity contribution in [3.63, 3.8) is 0 Å². The summed E-state index contributed by atoms with van der Waals surface area (Å²) in [6, 6.07) is 0.557. The maximum atomic E-state index is 5.31. The quantitative estimate of drug-likeness (QED) is 0.683. The van der Waals surface area contributed by atoms with Gasteiger partial charge in [-0.2, -0.15) is 0 Å². The molecule has 0 saturated carbocycles. The van der Waals surface area contributed by atoms with Crippen LogP contribution in [0.4, 0.5) is 6.01 Å². The van der Waals surface area contributed by atoms with Gasteiger partial charge in [-0.1, -0.05) is 5.10 Å². The fraction of sp³-hybridized carbons (Fsp3) is 0.714. The topological polar surface area (TPSA) is 54.2 Å². The van der Waals surface area contributed by atoms with Gasteiger partial charge in [0.25, 0.3) is 0 Å². The highest BCUT2D eigenvalue weighted by molar-refractivity contribution is 5.19. The number of hydrogen-bond donors (Lipinski definition) is 1. The third-order valence-corrected chi connectivity index (χ3v) is 1.43. The van der Waals surface area contributed by atoms with Crippen LogP contribution in [0, 0.1) is 0 Å². The summed E-state index contributed by atoms with van der Waals surface area (Å²) < 4.78 is 5.31. The van der Waals surface area contributed by atoms with Crippen molar-refractivity contribution in [1.29, 1.82) is 0 Å². The smallest absolute Gasteiger partial charge is 0.317 e. The molecule has 1 N–H and O–H groups in total. The first-order valence-corrected chi connectivity index (χ1v) is 3.88. The molecular formula is C7H14N4O. The number of hydrogen-bond acceptors (Lipinski definition) is 5. The van der Waals surface area contributed by atoms with E-state index in [0.29, 0.717) is 11.9 Å². The highest BCUT2D eigenvalue weighted by Crippen LogP contribution is 2.07. The Bertz CT molecular complexity index is 233. The molecule has 0 saturated heterocycles.